The van der Waals surface area contributed by atoms with Gasteiger partial charge in [0.05, 0.1) is 5.02 Å². The van der Waals surface area contributed by atoms with Crippen LogP contribution in [0.25, 0.3) is 0 Å². The van der Waals surface area contributed by atoms with Gasteiger partial charge in [0.15, 0.2) is 0 Å². The molecular formula is C12H16BrClN2O2S. The second kappa shape index (κ2) is 5.33. The van der Waals surface area contributed by atoms with Gasteiger partial charge in [0.1, 0.15) is 4.90 Å². The van der Waals surface area contributed by atoms with Crippen LogP contribution in [0.15, 0.2) is 27.6 Å². The average molecular weight is 368 g/mol. The number of nitrogens with two attached hydrogens (primary N) is 1. The summed E-state index contributed by atoms with van der Waals surface area (Å²) in [5, 5.41) is 0.226. The highest BCUT2D eigenvalue weighted by Crippen LogP contribution is 2.36. The Bertz CT molecular complexity index is 593. The first-order valence-electron chi connectivity index (χ1n) is 5.94. The fourth-order valence-electron chi connectivity index (χ4n) is 2.17. The molecule has 2 rings (SSSR count). The average Bonchev–Trinajstić information content (AvgIpc) is 2.77. The lowest BCUT2D eigenvalue weighted by molar-refractivity contribution is 0.349. The predicted octanol–water partition coefficient (Wildman–Crippen LogP) is 2.46. The molecule has 7 heteroatoms. The van der Waals surface area contributed by atoms with E-state index in [1.54, 1.807) is 12.1 Å². The molecule has 4 nitrogen and oxygen atoms in total. The third kappa shape index (κ3) is 2.83. The standard InChI is InChI=1S/C12H16BrClN2O2S/c1-12(7-15)5-6-16(8-12)19(17,18)10-4-2-3-9(13)11(10)14/h2-4H,5-8,15H2,1H3. The molecule has 1 saturated heterocycles. The smallest absolute Gasteiger partial charge is 0.244 e. The summed E-state index contributed by atoms with van der Waals surface area (Å²) < 4.78 is 27.2. The molecule has 0 aromatic heterocycles. The van der Waals surface area contributed by atoms with Crippen molar-refractivity contribution in [2.24, 2.45) is 11.1 Å². The number of sulfonamides is 1. The summed E-state index contributed by atoms with van der Waals surface area (Å²) in [7, 11) is -3.56. The van der Waals surface area contributed by atoms with E-state index in [2.05, 4.69) is 15.9 Å². The van der Waals surface area contributed by atoms with Crippen molar-refractivity contribution >= 4 is 37.6 Å². The van der Waals surface area contributed by atoms with E-state index in [-0.39, 0.29) is 15.3 Å². The largest absolute Gasteiger partial charge is 0.330 e. The first-order valence-corrected chi connectivity index (χ1v) is 8.55. The van der Waals surface area contributed by atoms with Crippen LogP contribution in [0.1, 0.15) is 13.3 Å². The topological polar surface area (TPSA) is 63.4 Å². The third-order valence-electron chi connectivity index (χ3n) is 3.55. The van der Waals surface area contributed by atoms with E-state index in [1.807, 2.05) is 6.92 Å². The minimum atomic E-state index is -3.56. The Hall–Kier alpha value is -0.140. The van der Waals surface area contributed by atoms with Gasteiger partial charge in [-0.15, -0.1) is 0 Å². The molecule has 0 spiro atoms. The van der Waals surface area contributed by atoms with Crippen molar-refractivity contribution in [3.05, 3.63) is 27.7 Å². The van der Waals surface area contributed by atoms with Crippen LogP contribution in [0.5, 0.6) is 0 Å². The minimum absolute atomic E-state index is 0.143. The van der Waals surface area contributed by atoms with Crippen molar-refractivity contribution in [1.29, 1.82) is 0 Å². The summed E-state index contributed by atoms with van der Waals surface area (Å²) in [6.45, 7) is 3.41. The number of halogens is 2. The summed E-state index contributed by atoms with van der Waals surface area (Å²) in [6, 6.07) is 4.91. The van der Waals surface area contributed by atoms with E-state index in [1.165, 1.54) is 10.4 Å². The highest BCUT2D eigenvalue weighted by atomic mass is 79.9. The highest BCUT2D eigenvalue weighted by Gasteiger charge is 2.39. The Labute approximate surface area is 127 Å². The molecule has 106 valence electrons. The number of hydrogen-bond acceptors (Lipinski definition) is 3. The van der Waals surface area contributed by atoms with Crippen molar-refractivity contribution in [2.45, 2.75) is 18.2 Å². The number of nitrogens with zero attached hydrogens (tertiary/aromatic N) is 1. The molecule has 1 aliphatic heterocycles. The van der Waals surface area contributed by atoms with Gasteiger partial charge in [0.25, 0.3) is 0 Å². The molecule has 0 saturated carbocycles. The molecule has 0 aliphatic carbocycles. The van der Waals surface area contributed by atoms with E-state index in [0.717, 1.165) is 6.42 Å². The van der Waals surface area contributed by atoms with Crippen LogP contribution in [0, 0.1) is 5.41 Å². The molecule has 0 radical (unpaired) electrons. The molecule has 1 aromatic carbocycles. The molecule has 0 bridgehead atoms. The second-order valence-electron chi connectivity index (χ2n) is 5.16. The second-order valence-corrected chi connectivity index (χ2v) is 8.29. The maximum Gasteiger partial charge on any atom is 0.244 e. The fraction of sp³-hybridized carbons (Fsp3) is 0.500. The fourth-order valence-corrected chi connectivity index (χ4v) is 4.77. The van der Waals surface area contributed by atoms with Crippen molar-refractivity contribution in [3.63, 3.8) is 0 Å². The van der Waals surface area contributed by atoms with E-state index in [4.69, 9.17) is 17.3 Å². The van der Waals surface area contributed by atoms with E-state index < -0.39 is 10.0 Å². The van der Waals surface area contributed by atoms with Crippen LogP contribution < -0.4 is 5.73 Å². The number of rotatable bonds is 3. The zero-order valence-electron chi connectivity index (χ0n) is 10.6. The molecule has 1 unspecified atom stereocenters. The van der Waals surface area contributed by atoms with E-state index in [0.29, 0.717) is 24.1 Å². The summed E-state index contributed by atoms with van der Waals surface area (Å²) in [5.74, 6) is 0. The van der Waals surface area contributed by atoms with Gasteiger partial charge in [0, 0.05) is 17.6 Å². The Morgan fingerprint density at radius 1 is 1.53 bits per heavy atom. The first-order chi connectivity index (χ1) is 8.80. The highest BCUT2D eigenvalue weighted by molar-refractivity contribution is 9.10. The summed E-state index contributed by atoms with van der Waals surface area (Å²) in [5.41, 5.74) is 5.56. The van der Waals surface area contributed by atoms with Gasteiger partial charge in [0.2, 0.25) is 10.0 Å². The SMILES string of the molecule is CC1(CN)CCN(S(=O)(=O)c2cccc(Br)c2Cl)C1. The van der Waals surface area contributed by atoms with Crippen LogP contribution >= 0.6 is 27.5 Å². The van der Waals surface area contributed by atoms with Crippen LogP contribution in [-0.2, 0) is 10.0 Å². The molecule has 1 aliphatic rings. The predicted molar refractivity (Wildman–Crippen MR) is 79.7 cm³/mol. The maximum atomic E-state index is 12.6. The number of hydrogen-bond donors (Lipinski definition) is 1. The van der Waals surface area contributed by atoms with Crippen LogP contribution in [-0.4, -0.2) is 32.4 Å². The normalized spacial score (nSPS) is 24.8. The third-order valence-corrected chi connectivity index (χ3v) is 6.85. The van der Waals surface area contributed by atoms with Crippen LogP contribution in [0.3, 0.4) is 0 Å². The summed E-state index contributed by atoms with van der Waals surface area (Å²) in [6.07, 6.45) is 0.772. The van der Waals surface area contributed by atoms with E-state index in [9.17, 15) is 8.42 Å². The zero-order valence-corrected chi connectivity index (χ0v) is 13.7. The molecular weight excluding hydrogens is 352 g/mol. The van der Waals surface area contributed by atoms with Gasteiger partial charge >= 0.3 is 0 Å². The first kappa shape index (κ1) is 15.3. The van der Waals surface area contributed by atoms with Crippen LogP contribution in [0.2, 0.25) is 5.02 Å². The van der Waals surface area contributed by atoms with Gasteiger partial charge in [-0.25, -0.2) is 8.42 Å². The Balaban J connectivity index is 2.37. The van der Waals surface area contributed by atoms with Gasteiger partial charge in [-0.3, -0.25) is 0 Å². The van der Waals surface area contributed by atoms with Gasteiger partial charge < -0.3 is 5.73 Å². The van der Waals surface area contributed by atoms with Crippen molar-refractivity contribution in [3.8, 4) is 0 Å². The van der Waals surface area contributed by atoms with Crippen LogP contribution in [0.4, 0.5) is 0 Å². The van der Waals surface area contributed by atoms with Crippen molar-refractivity contribution < 1.29 is 8.42 Å². The van der Waals surface area contributed by atoms with Gasteiger partial charge in [-0.2, -0.15) is 4.31 Å². The summed E-state index contributed by atoms with van der Waals surface area (Å²) >= 11 is 9.33. The number of benzene rings is 1. The molecule has 1 atom stereocenters. The lowest BCUT2D eigenvalue weighted by Gasteiger charge is -2.22. The monoisotopic (exact) mass is 366 g/mol. The lowest BCUT2D eigenvalue weighted by atomic mass is 9.90. The lowest BCUT2D eigenvalue weighted by Crippen LogP contribution is -2.34. The van der Waals surface area contributed by atoms with Crippen molar-refractivity contribution in [2.75, 3.05) is 19.6 Å². The maximum absolute atomic E-state index is 12.6. The Morgan fingerprint density at radius 3 is 2.79 bits per heavy atom. The quantitative estimate of drug-likeness (QED) is 0.892. The van der Waals surface area contributed by atoms with Gasteiger partial charge in [-0.05, 0) is 46.4 Å². The molecule has 0 amide bonds. The van der Waals surface area contributed by atoms with E-state index >= 15 is 0 Å². The van der Waals surface area contributed by atoms with Gasteiger partial charge in [-0.1, -0.05) is 24.6 Å². The Morgan fingerprint density at radius 2 is 2.21 bits per heavy atom. The molecule has 2 N–H and O–H groups in total. The molecule has 1 fully saturated rings. The Kier molecular flexibility index (Phi) is 4.28. The molecule has 1 aromatic rings. The van der Waals surface area contributed by atoms with Crippen molar-refractivity contribution in [1.82, 2.24) is 4.31 Å². The zero-order chi connectivity index (χ0) is 14.3. The molecule has 1 heterocycles. The summed E-state index contributed by atoms with van der Waals surface area (Å²) in [4.78, 5) is 0.143. The molecule has 19 heavy (non-hydrogen) atoms. The minimum Gasteiger partial charge on any atom is -0.330 e.